The highest BCUT2D eigenvalue weighted by atomic mass is 16.5. The quantitative estimate of drug-likeness (QED) is 0.367. The number of nitrogens with zero attached hydrogens (tertiary/aromatic N) is 3. The van der Waals surface area contributed by atoms with E-state index in [4.69, 9.17) is 18.3 Å². The van der Waals surface area contributed by atoms with E-state index in [9.17, 15) is 5.11 Å². The van der Waals surface area contributed by atoms with Crippen LogP contribution in [0.15, 0.2) is 45.2 Å². The Morgan fingerprint density at radius 1 is 1.08 bits per heavy atom. The van der Waals surface area contributed by atoms with Crippen molar-refractivity contribution in [1.82, 2.24) is 15.1 Å². The lowest BCUT2D eigenvalue weighted by molar-refractivity contribution is 0.0598. The second kappa shape index (κ2) is 10.3. The van der Waals surface area contributed by atoms with E-state index >= 15 is 0 Å². The molecule has 1 saturated heterocycles. The van der Waals surface area contributed by atoms with Crippen LogP contribution in [-0.4, -0.2) is 59.7 Å². The van der Waals surface area contributed by atoms with Gasteiger partial charge in [-0.05, 0) is 74.5 Å². The lowest BCUT2D eigenvalue weighted by atomic mass is 9.87. The summed E-state index contributed by atoms with van der Waals surface area (Å²) < 4.78 is 23.1. The van der Waals surface area contributed by atoms with Crippen LogP contribution in [0.1, 0.15) is 41.3 Å². The number of furan rings is 1. The molecule has 0 radical (unpaired) electrons. The Kier molecular flexibility index (Phi) is 6.98. The van der Waals surface area contributed by atoms with Crippen LogP contribution in [0.5, 0.6) is 11.5 Å². The van der Waals surface area contributed by atoms with Gasteiger partial charge in [0.1, 0.15) is 29.8 Å². The SMILES string of the molecule is COc1c(C2CCN(C[C@H](O)COc3cccc4oc(-c5nnc(C)o5)cc34)CC2)ccc(C)c1C. The van der Waals surface area contributed by atoms with Gasteiger partial charge in [0, 0.05) is 19.5 Å². The zero-order chi connectivity index (χ0) is 25.2. The van der Waals surface area contributed by atoms with Gasteiger partial charge in [0.15, 0.2) is 5.76 Å². The Morgan fingerprint density at radius 3 is 2.61 bits per heavy atom. The minimum absolute atomic E-state index is 0.199. The highest BCUT2D eigenvalue weighted by Gasteiger charge is 2.25. The summed E-state index contributed by atoms with van der Waals surface area (Å²) in [7, 11) is 1.76. The Hall–Kier alpha value is -3.36. The number of methoxy groups -OCH3 is 1. The zero-order valence-corrected chi connectivity index (χ0v) is 21.3. The van der Waals surface area contributed by atoms with Crippen LogP contribution in [0.25, 0.3) is 22.6 Å². The summed E-state index contributed by atoms with van der Waals surface area (Å²) in [5, 5.41) is 19.4. The normalized spacial score (nSPS) is 15.9. The number of aliphatic hydroxyl groups is 1. The molecular weight excluding hydrogens is 458 g/mol. The van der Waals surface area contributed by atoms with Gasteiger partial charge in [-0.15, -0.1) is 10.2 Å². The molecule has 8 heteroatoms. The molecule has 4 aromatic rings. The minimum atomic E-state index is -0.599. The van der Waals surface area contributed by atoms with Gasteiger partial charge in [0.05, 0.1) is 12.5 Å². The number of benzene rings is 2. The largest absolute Gasteiger partial charge is 0.496 e. The zero-order valence-electron chi connectivity index (χ0n) is 21.3. The molecule has 1 fully saturated rings. The summed E-state index contributed by atoms with van der Waals surface area (Å²) in [6.45, 7) is 8.62. The molecule has 1 aliphatic heterocycles. The van der Waals surface area contributed by atoms with Crippen molar-refractivity contribution in [3.63, 3.8) is 0 Å². The van der Waals surface area contributed by atoms with E-state index < -0.39 is 6.10 Å². The summed E-state index contributed by atoms with van der Waals surface area (Å²) in [5.74, 6) is 3.44. The molecule has 0 aliphatic carbocycles. The van der Waals surface area contributed by atoms with Crippen molar-refractivity contribution >= 4 is 11.0 Å². The second-order valence-electron chi connectivity index (χ2n) is 9.57. The fourth-order valence-electron chi connectivity index (χ4n) is 5.03. The number of fused-ring (bicyclic) bond motifs is 1. The van der Waals surface area contributed by atoms with Gasteiger partial charge in [-0.1, -0.05) is 18.2 Å². The van der Waals surface area contributed by atoms with Crippen LogP contribution in [0.2, 0.25) is 0 Å². The van der Waals surface area contributed by atoms with E-state index in [2.05, 4.69) is 41.1 Å². The van der Waals surface area contributed by atoms with Crippen LogP contribution in [0.4, 0.5) is 0 Å². The maximum Gasteiger partial charge on any atom is 0.283 e. The number of hydrogen-bond donors (Lipinski definition) is 1. The lowest BCUT2D eigenvalue weighted by Gasteiger charge is -2.34. The topological polar surface area (TPSA) is 94.0 Å². The Morgan fingerprint density at radius 2 is 1.89 bits per heavy atom. The van der Waals surface area contributed by atoms with Gasteiger partial charge in [0.25, 0.3) is 5.89 Å². The Balaban J connectivity index is 1.17. The lowest BCUT2D eigenvalue weighted by Crippen LogP contribution is -2.40. The molecule has 2 aromatic carbocycles. The molecule has 1 atom stereocenters. The van der Waals surface area contributed by atoms with Crippen molar-refractivity contribution in [2.75, 3.05) is 33.4 Å². The van der Waals surface area contributed by atoms with Crippen LogP contribution >= 0.6 is 0 Å². The first-order valence-electron chi connectivity index (χ1n) is 12.4. The van der Waals surface area contributed by atoms with E-state index in [0.717, 1.165) is 37.1 Å². The van der Waals surface area contributed by atoms with Crippen LogP contribution in [-0.2, 0) is 0 Å². The molecule has 5 rings (SSSR count). The first kappa shape index (κ1) is 24.3. The first-order chi connectivity index (χ1) is 17.4. The van der Waals surface area contributed by atoms with E-state index in [-0.39, 0.29) is 6.61 Å². The predicted octanol–water partition coefficient (Wildman–Crippen LogP) is 5.04. The molecule has 1 N–H and O–H groups in total. The predicted molar refractivity (Wildman–Crippen MR) is 137 cm³/mol. The summed E-state index contributed by atoms with van der Waals surface area (Å²) in [6, 6.07) is 11.8. The number of rotatable bonds is 8. The van der Waals surface area contributed by atoms with Gasteiger partial charge >= 0.3 is 0 Å². The fourth-order valence-corrected chi connectivity index (χ4v) is 5.03. The summed E-state index contributed by atoms with van der Waals surface area (Å²) in [5.41, 5.74) is 4.43. The van der Waals surface area contributed by atoms with E-state index in [1.807, 2.05) is 24.3 Å². The highest BCUT2D eigenvalue weighted by Crippen LogP contribution is 2.37. The Bertz CT molecular complexity index is 1340. The number of β-amino-alcohol motifs (C(OH)–C–C–N with tert-alkyl or cyclic N) is 1. The molecule has 0 unspecified atom stereocenters. The van der Waals surface area contributed by atoms with Crippen molar-refractivity contribution < 1.29 is 23.4 Å². The number of aliphatic hydroxyl groups excluding tert-OH is 1. The molecule has 8 nitrogen and oxygen atoms in total. The molecule has 0 saturated carbocycles. The van der Waals surface area contributed by atoms with Gasteiger partial charge in [-0.3, -0.25) is 0 Å². The number of ether oxygens (including phenoxy) is 2. The van der Waals surface area contributed by atoms with Crippen LogP contribution < -0.4 is 9.47 Å². The smallest absolute Gasteiger partial charge is 0.283 e. The molecule has 0 amide bonds. The fraction of sp³-hybridized carbons (Fsp3) is 0.429. The van der Waals surface area contributed by atoms with E-state index in [0.29, 0.717) is 41.3 Å². The van der Waals surface area contributed by atoms with Crippen molar-refractivity contribution in [2.45, 2.75) is 45.6 Å². The molecule has 0 spiro atoms. The monoisotopic (exact) mass is 491 g/mol. The van der Waals surface area contributed by atoms with Crippen LogP contribution in [0, 0.1) is 20.8 Å². The van der Waals surface area contributed by atoms with Crippen molar-refractivity contribution in [3.8, 4) is 23.1 Å². The van der Waals surface area contributed by atoms with Crippen molar-refractivity contribution in [2.24, 2.45) is 0 Å². The third-order valence-electron chi connectivity index (χ3n) is 7.10. The van der Waals surface area contributed by atoms with E-state index in [1.54, 1.807) is 14.0 Å². The molecule has 190 valence electrons. The maximum atomic E-state index is 10.7. The molecule has 3 heterocycles. The number of hydrogen-bond acceptors (Lipinski definition) is 8. The average Bonchev–Trinajstić information content (AvgIpc) is 3.51. The summed E-state index contributed by atoms with van der Waals surface area (Å²) >= 11 is 0. The highest BCUT2D eigenvalue weighted by molar-refractivity contribution is 5.87. The number of piperidine rings is 1. The second-order valence-corrected chi connectivity index (χ2v) is 9.57. The third-order valence-corrected chi connectivity index (χ3v) is 7.10. The van der Waals surface area contributed by atoms with Gasteiger partial charge in [0.2, 0.25) is 5.89 Å². The molecular formula is C28H33N3O5. The Labute approximate surface area is 210 Å². The number of likely N-dealkylation sites (tertiary alicyclic amines) is 1. The molecule has 2 aromatic heterocycles. The first-order valence-corrected chi connectivity index (χ1v) is 12.4. The average molecular weight is 492 g/mol. The molecule has 36 heavy (non-hydrogen) atoms. The van der Waals surface area contributed by atoms with Crippen molar-refractivity contribution in [1.29, 1.82) is 0 Å². The number of aromatic nitrogens is 2. The van der Waals surface area contributed by atoms with Crippen molar-refractivity contribution in [3.05, 3.63) is 59.0 Å². The van der Waals surface area contributed by atoms with Gasteiger partial charge in [-0.2, -0.15) is 0 Å². The molecule has 1 aliphatic rings. The summed E-state index contributed by atoms with van der Waals surface area (Å²) in [6.07, 6.45) is 1.48. The standard InChI is InChI=1S/C28H33N3O5/c1-17-8-9-22(27(33-4)18(17)2)20-10-12-31(13-11-20)15-21(32)16-34-24-6-5-7-25-23(24)14-26(36-25)28-30-29-19(3)35-28/h5-9,14,20-21,32H,10-13,15-16H2,1-4H3/t21-/m0/s1. The third kappa shape index (κ3) is 4.96. The van der Waals surface area contributed by atoms with E-state index in [1.165, 1.54) is 16.7 Å². The molecule has 0 bridgehead atoms. The number of aryl methyl sites for hydroxylation is 2. The van der Waals surface area contributed by atoms with Gasteiger partial charge < -0.3 is 28.3 Å². The summed E-state index contributed by atoms with van der Waals surface area (Å²) in [4.78, 5) is 2.31. The van der Waals surface area contributed by atoms with Gasteiger partial charge in [-0.25, -0.2) is 0 Å². The minimum Gasteiger partial charge on any atom is -0.496 e. The van der Waals surface area contributed by atoms with Crippen LogP contribution in [0.3, 0.4) is 0 Å². The maximum absolute atomic E-state index is 10.7.